The molecule has 1 aromatic carbocycles. The summed E-state index contributed by atoms with van der Waals surface area (Å²) in [5.41, 5.74) is 0.242. The average molecular weight is 244 g/mol. The third kappa shape index (κ3) is 7.70. The summed E-state index contributed by atoms with van der Waals surface area (Å²) in [7, 11) is -6.00. The van der Waals surface area contributed by atoms with Crippen LogP contribution in [0.25, 0.3) is 4.98 Å². The van der Waals surface area contributed by atoms with E-state index in [2.05, 4.69) is 4.98 Å². The van der Waals surface area contributed by atoms with E-state index in [1.165, 1.54) is 12.1 Å². The molecule has 1 aromatic rings. The zero-order valence-electron chi connectivity index (χ0n) is 6.97. The first-order valence-corrected chi connectivity index (χ1v) is 3.79. The second-order valence-corrected chi connectivity index (χ2v) is 2.60. The van der Waals surface area contributed by atoms with E-state index in [0.29, 0.717) is 0 Å². The van der Waals surface area contributed by atoms with Gasteiger partial charge in [0.05, 0.1) is 11.1 Å². The largest absolute Gasteiger partial charge is 0.673 e. The van der Waals surface area contributed by atoms with Crippen LogP contribution in [0.2, 0.25) is 5.02 Å². The highest BCUT2D eigenvalue weighted by Gasteiger charge is 2.20. The first-order valence-electron chi connectivity index (χ1n) is 3.41. The Morgan fingerprint density at radius 1 is 1.20 bits per heavy atom. The molecule has 9 heteroatoms. The van der Waals surface area contributed by atoms with Crippen LogP contribution >= 0.6 is 11.6 Å². The number of hydrogen-bond donors (Lipinski definition) is 0. The summed E-state index contributed by atoms with van der Waals surface area (Å²) in [6.07, 6.45) is 0. The van der Waals surface area contributed by atoms with E-state index in [1.807, 2.05) is 0 Å². The smallest absolute Gasteiger partial charge is 0.418 e. The Balaban J connectivity index is 0.000000336. The molecule has 0 spiro atoms. The molecular formula is C6H3BClF5N2. The van der Waals surface area contributed by atoms with Crippen LogP contribution in [0.4, 0.5) is 27.3 Å². The molecule has 0 N–H and O–H groups in total. The van der Waals surface area contributed by atoms with Gasteiger partial charge in [-0.2, -0.15) is 0 Å². The summed E-state index contributed by atoms with van der Waals surface area (Å²) in [6, 6.07) is 3.69. The van der Waals surface area contributed by atoms with Crippen molar-refractivity contribution in [1.82, 2.24) is 0 Å². The van der Waals surface area contributed by atoms with E-state index in [4.69, 9.17) is 17.0 Å². The van der Waals surface area contributed by atoms with E-state index >= 15 is 0 Å². The third-order valence-electron chi connectivity index (χ3n) is 1.02. The molecule has 0 amide bonds. The van der Waals surface area contributed by atoms with Crippen molar-refractivity contribution < 1.29 is 21.7 Å². The minimum Gasteiger partial charge on any atom is -0.418 e. The Labute approximate surface area is 86.4 Å². The van der Waals surface area contributed by atoms with Crippen molar-refractivity contribution in [2.45, 2.75) is 0 Å². The van der Waals surface area contributed by atoms with Gasteiger partial charge in [0.2, 0.25) is 5.39 Å². The minimum absolute atomic E-state index is 0.0460. The zero-order chi connectivity index (χ0) is 12.1. The van der Waals surface area contributed by atoms with Crippen LogP contribution in [0.15, 0.2) is 18.2 Å². The standard InChI is InChI=1S/C6H3ClFN2.BF4/c7-5-3-4(10-9)1-2-6(5)8;2-1(3,4)5/h1-3H;/q+1;-1. The van der Waals surface area contributed by atoms with Gasteiger partial charge in [-0.1, -0.05) is 11.6 Å². The summed E-state index contributed by atoms with van der Waals surface area (Å²) in [5, 5.41) is 8.15. The van der Waals surface area contributed by atoms with E-state index in [1.54, 1.807) is 0 Å². The van der Waals surface area contributed by atoms with Gasteiger partial charge >= 0.3 is 12.9 Å². The second-order valence-electron chi connectivity index (χ2n) is 2.19. The number of diazo groups is 1. The van der Waals surface area contributed by atoms with Gasteiger partial charge in [0.1, 0.15) is 5.82 Å². The lowest BCUT2D eigenvalue weighted by atomic mass is 10.3. The lowest BCUT2D eigenvalue weighted by molar-refractivity contribution is 0.368. The molecule has 0 heterocycles. The lowest BCUT2D eigenvalue weighted by Crippen LogP contribution is -2.02. The maximum Gasteiger partial charge on any atom is 0.673 e. The molecule has 0 aliphatic heterocycles. The predicted octanol–water partition coefficient (Wildman–Crippen LogP) is 4.26. The van der Waals surface area contributed by atoms with Gasteiger partial charge in [-0.3, -0.25) is 0 Å². The van der Waals surface area contributed by atoms with Crippen LogP contribution in [0.3, 0.4) is 0 Å². The monoisotopic (exact) mass is 244 g/mol. The van der Waals surface area contributed by atoms with Gasteiger partial charge in [-0.15, -0.1) is 0 Å². The highest BCUT2D eigenvalue weighted by molar-refractivity contribution is 6.50. The van der Waals surface area contributed by atoms with Crippen LogP contribution in [0.5, 0.6) is 0 Å². The molecule has 0 aliphatic rings. The topological polar surface area (TPSA) is 28.1 Å². The second kappa shape index (κ2) is 5.51. The van der Waals surface area contributed by atoms with Gasteiger partial charge in [-0.05, 0) is 6.07 Å². The molecule has 0 aromatic heterocycles. The molecule has 15 heavy (non-hydrogen) atoms. The summed E-state index contributed by atoms with van der Waals surface area (Å²) >= 11 is 5.35. The van der Waals surface area contributed by atoms with Crippen molar-refractivity contribution in [3.63, 3.8) is 0 Å². The number of hydrogen-bond acceptors (Lipinski definition) is 1. The van der Waals surface area contributed by atoms with Crippen molar-refractivity contribution >= 4 is 24.5 Å². The minimum atomic E-state index is -6.00. The Kier molecular flexibility index (Phi) is 5.01. The van der Waals surface area contributed by atoms with Crippen LogP contribution in [-0.4, -0.2) is 7.25 Å². The number of halogens is 6. The molecular weight excluding hydrogens is 241 g/mol. The summed E-state index contributed by atoms with van der Waals surface area (Å²) in [6.45, 7) is 0. The molecule has 0 bridgehead atoms. The maximum atomic E-state index is 12.4. The Bertz CT molecular complexity index is 369. The predicted molar refractivity (Wildman–Crippen MR) is 46.3 cm³/mol. The molecule has 0 saturated heterocycles. The molecule has 0 aliphatic carbocycles. The third-order valence-corrected chi connectivity index (χ3v) is 1.31. The molecule has 82 valence electrons. The lowest BCUT2D eigenvalue weighted by Gasteiger charge is -1.94. The van der Waals surface area contributed by atoms with Gasteiger partial charge < -0.3 is 17.3 Å². The maximum absolute atomic E-state index is 12.4. The fourth-order valence-electron chi connectivity index (χ4n) is 0.547. The Morgan fingerprint density at radius 2 is 1.67 bits per heavy atom. The molecule has 0 radical (unpaired) electrons. The molecule has 0 unspecified atom stereocenters. The first-order chi connectivity index (χ1) is 6.74. The Hall–Kier alpha value is -1.36. The fraction of sp³-hybridized carbons (Fsp3) is 0. The van der Waals surface area contributed by atoms with E-state index in [9.17, 15) is 21.7 Å². The summed E-state index contributed by atoms with van der Waals surface area (Å²) < 4.78 is 51.4. The van der Waals surface area contributed by atoms with E-state index < -0.39 is 13.1 Å². The highest BCUT2D eigenvalue weighted by Crippen LogP contribution is 2.20. The normalized spacial score (nSPS) is 9.93. The van der Waals surface area contributed by atoms with Crippen molar-refractivity contribution in [2.24, 2.45) is 0 Å². The highest BCUT2D eigenvalue weighted by atomic mass is 35.5. The average Bonchev–Trinajstić information content (AvgIpc) is 2.07. The Morgan fingerprint density at radius 3 is 2.00 bits per heavy atom. The molecule has 1 rings (SSSR count). The SMILES string of the molecule is F[B-](F)(F)F.N#[N+]c1ccc(F)c(Cl)c1. The van der Waals surface area contributed by atoms with Crippen molar-refractivity contribution in [3.8, 4) is 0 Å². The molecule has 0 atom stereocenters. The number of nitrogens with zero attached hydrogens (tertiary/aromatic N) is 2. The number of benzene rings is 1. The summed E-state index contributed by atoms with van der Waals surface area (Å²) in [4.78, 5) is 2.82. The van der Waals surface area contributed by atoms with Crippen LogP contribution in [0, 0.1) is 11.2 Å². The first kappa shape index (κ1) is 13.6. The fourth-order valence-corrected chi connectivity index (χ4v) is 0.722. The van der Waals surface area contributed by atoms with Crippen molar-refractivity contribution in [3.05, 3.63) is 34.0 Å². The van der Waals surface area contributed by atoms with Crippen molar-refractivity contribution in [2.75, 3.05) is 0 Å². The van der Waals surface area contributed by atoms with Gasteiger partial charge in [0.15, 0.2) is 4.98 Å². The van der Waals surface area contributed by atoms with Gasteiger partial charge in [0.25, 0.3) is 0 Å². The summed E-state index contributed by atoms with van der Waals surface area (Å²) in [5.74, 6) is -0.519. The van der Waals surface area contributed by atoms with Gasteiger partial charge in [-0.25, -0.2) is 4.39 Å². The molecule has 0 saturated carbocycles. The van der Waals surface area contributed by atoms with Gasteiger partial charge in [0, 0.05) is 6.07 Å². The quantitative estimate of drug-likeness (QED) is 0.380. The van der Waals surface area contributed by atoms with Crippen LogP contribution in [0.1, 0.15) is 0 Å². The van der Waals surface area contributed by atoms with E-state index in [0.717, 1.165) is 6.07 Å². The zero-order valence-corrected chi connectivity index (χ0v) is 7.73. The van der Waals surface area contributed by atoms with Crippen LogP contribution < -0.4 is 0 Å². The molecule has 0 fully saturated rings. The van der Waals surface area contributed by atoms with E-state index in [-0.39, 0.29) is 10.7 Å². The number of rotatable bonds is 0. The van der Waals surface area contributed by atoms with Crippen LogP contribution in [-0.2, 0) is 0 Å². The molecule has 2 nitrogen and oxygen atoms in total. The van der Waals surface area contributed by atoms with Crippen molar-refractivity contribution in [1.29, 1.82) is 5.39 Å².